The highest BCUT2D eigenvalue weighted by Gasteiger charge is 2.19. The summed E-state index contributed by atoms with van der Waals surface area (Å²) < 4.78 is 2.06. The van der Waals surface area contributed by atoms with E-state index in [1.54, 1.807) is 13.1 Å². The molecule has 0 unspecified atom stereocenters. The molecule has 0 radical (unpaired) electrons. The topological polar surface area (TPSA) is 107 Å². The number of amides is 1. The molecule has 6 heterocycles. The summed E-state index contributed by atoms with van der Waals surface area (Å²) in [5, 5.41) is 4.40. The summed E-state index contributed by atoms with van der Waals surface area (Å²) in [5.41, 5.74) is 6.82. The number of para-hydroxylation sites is 1. The second kappa shape index (κ2) is 9.81. The van der Waals surface area contributed by atoms with Gasteiger partial charge in [0, 0.05) is 73.7 Å². The minimum Gasteiger partial charge on any atom is -0.367 e. The van der Waals surface area contributed by atoms with Gasteiger partial charge in [0.25, 0.3) is 0 Å². The minimum absolute atomic E-state index is 0.123. The van der Waals surface area contributed by atoms with E-state index in [1.165, 1.54) is 5.39 Å². The summed E-state index contributed by atoms with van der Waals surface area (Å²) >= 11 is 0. The molecular weight excluding hydrogens is 502 g/mol. The summed E-state index contributed by atoms with van der Waals surface area (Å²) in [6.07, 6.45) is 9.54. The number of benzene rings is 1. The van der Waals surface area contributed by atoms with Crippen LogP contribution in [0.1, 0.15) is 6.92 Å². The van der Waals surface area contributed by atoms with Gasteiger partial charge in [-0.1, -0.05) is 18.2 Å². The number of nitrogens with zero attached hydrogens (tertiary/aromatic N) is 7. The maximum Gasteiger partial charge on any atom is 0.228 e. The molecule has 10 heteroatoms. The third kappa shape index (κ3) is 4.39. The fourth-order valence-corrected chi connectivity index (χ4v) is 5.24. The standard InChI is InChI=1S/C30H27N9O/c1-20(40)37-12-14-38(15-13-37)22-7-8-28(33-16-22)36-30-31-11-10-26(35-30)27-18-34-29-9-6-21(19-39(27)29)24-17-32-25-5-3-2-4-23(24)25/h2-11,16-19,32H,12-15H2,1H3,(H,31,33,35,36). The molecule has 0 bridgehead atoms. The van der Waals surface area contributed by atoms with Gasteiger partial charge in [-0.3, -0.25) is 9.20 Å². The van der Waals surface area contributed by atoms with Crippen LogP contribution in [0.5, 0.6) is 0 Å². The van der Waals surface area contributed by atoms with Crippen LogP contribution in [-0.2, 0) is 4.79 Å². The third-order valence-electron chi connectivity index (χ3n) is 7.40. The smallest absolute Gasteiger partial charge is 0.228 e. The maximum atomic E-state index is 11.6. The minimum atomic E-state index is 0.123. The zero-order valence-corrected chi connectivity index (χ0v) is 22.0. The molecule has 1 amide bonds. The number of fused-ring (bicyclic) bond motifs is 2. The average Bonchev–Trinajstić information content (AvgIpc) is 3.62. The van der Waals surface area contributed by atoms with Crippen LogP contribution in [0.25, 0.3) is 39.1 Å². The van der Waals surface area contributed by atoms with E-state index in [0.717, 1.165) is 65.5 Å². The maximum absolute atomic E-state index is 11.6. The number of aromatic nitrogens is 6. The Balaban J connectivity index is 1.12. The van der Waals surface area contributed by atoms with Crippen molar-refractivity contribution in [3.8, 4) is 22.5 Å². The Hall–Kier alpha value is -5.25. The highest BCUT2D eigenvalue weighted by atomic mass is 16.2. The Morgan fingerprint density at radius 1 is 0.925 bits per heavy atom. The second-order valence-corrected chi connectivity index (χ2v) is 9.82. The fourth-order valence-electron chi connectivity index (χ4n) is 5.24. The Labute approximate surface area is 230 Å². The van der Waals surface area contributed by atoms with Gasteiger partial charge in [-0.15, -0.1) is 0 Å². The molecule has 1 saturated heterocycles. The fraction of sp³-hybridized carbons (Fsp3) is 0.167. The van der Waals surface area contributed by atoms with Gasteiger partial charge in [-0.05, 0) is 36.4 Å². The number of aromatic amines is 1. The SMILES string of the molecule is CC(=O)N1CCN(c2ccc(Nc3nccc(-c4cnc5ccc(-c6c[nH]c7ccccc67)cn45)n3)nc2)CC1. The van der Waals surface area contributed by atoms with Crippen LogP contribution in [0.3, 0.4) is 0 Å². The van der Waals surface area contributed by atoms with Crippen molar-refractivity contribution in [1.29, 1.82) is 0 Å². The molecule has 1 aromatic carbocycles. The molecule has 2 N–H and O–H groups in total. The third-order valence-corrected chi connectivity index (χ3v) is 7.40. The van der Waals surface area contributed by atoms with Gasteiger partial charge in [-0.25, -0.2) is 19.9 Å². The molecule has 6 aromatic rings. The van der Waals surface area contributed by atoms with E-state index < -0.39 is 0 Å². The molecule has 198 valence electrons. The van der Waals surface area contributed by atoms with Gasteiger partial charge in [0.05, 0.1) is 29.5 Å². The van der Waals surface area contributed by atoms with Crippen molar-refractivity contribution in [2.45, 2.75) is 6.92 Å². The number of anilines is 3. The molecule has 7 rings (SSSR count). The van der Waals surface area contributed by atoms with Crippen molar-refractivity contribution in [2.75, 3.05) is 36.4 Å². The molecule has 10 nitrogen and oxygen atoms in total. The van der Waals surface area contributed by atoms with Crippen molar-refractivity contribution in [3.05, 3.63) is 85.6 Å². The molecule has 0 atom stereocenters. The second-order valence-electron chi connectivity index (χ2n) is 9.82. The number of nitrogens with one attached hydrogen (secondary N) is 2. The van der Waals surface area contributed by atoms with Gasteiger partial charge in [-0.2, -0.15) is 0 Å². The summed E-state index contributed by atoms with van der Waals surface area (Å²) in [5.74, 6) is 1.23. The lowest BCUT2D eigenvalue weighted by atomic mass is 10.1. The average molecular weight is 530 g/mol. The van der Waals surface area contributed by atoms with E-state index in [0.29, 0.717) is 11.8 Å². The van der Waals surface area contributed by atoms with Crippen LogP contribution in [0, 0.1) is 0 Å². The van der Waals surface area contributed by atoms with Gasteiger partial charge in [0.1, 0.15) is 11.5 Å². The number of carbonyl (C=O) groups excluding carboxylic acids is 1. The van der Waals surface area contributed by atoms with E-state index in [2.05, 4.69) is 65.0 Å². The van der Waals surface area contributed by atoms with Crippen LogP contribution < -0.4 is 10.2 Å². The predicted molar refractivity (Wildman–Crippen MR) is 155 cm³/mol. The number of pyridine rings is 2. The lowest BCUT2D eigenvalue weighted by Crippen LogP contribution is -2.48. The zero-order chi connectivity index (χ0) is 27.1. The first-order valence-electron chi connectivity index (χ1n) is 13.2. The van der Waals surface area contributed by atoms with Crippen molar-refractivity contribution >= 4 is 39.9 Å². The molecular formula is C30H27N9O. The largest absolute Gasteiger partial charge is 0.367 e. The molecule has 40 heavy (non-hydrogen) atoms. The molecule has 1 aliphatic rings. The number of hydrogen-bond acceptors (Lipinski definition) is 7. The van der Waals surface area contributed by atoms with E-state index in [1.807, 2.05) is 53.8 Å². The molecule has 5 aromatic heterocycles. The molecule has 0 saturated carbocycles. The van der Waals surface area contributed by atoms with E-state index in [-0.39, 0.29) is 5.91 Å². The van der Waals surface area contributed by atoms with E-state index in [9.17, 15) is 4.79 Å². The highest BCUT2D eigenvalue weighted by molar-refractivity contribution is 5.95. The van der Waals surface area contributed by atoms with Crippen LogP contribution in [-0.4, -0.2) is 66.3 Å². The van der Waals surface area contributed by atoms with Gasteiger partial charge in [0.2, 0.25) is 11.9 Å². The number of H-pyrrole nitrogens is 1. The first-order valence-corrected chi connectivity index (χ1v) is 13.2. The number of hydrogen-bond donors (Lipinski definition) is 2. The van der Waals surface area contributed by atoms with Crippen molar-refractivity contribution in [3.63, 3.8) is 0 Å². The van der Waals surface area contributed by atoms with Crippen molar-refractivity contribution in [1.82, 2.24) is 34.2 Å². The number of carbonyl (C=O) groups is 1. The molecule has 0 aliphatic carbocycles. The normalized spacial score (nSPS) is 13.7. The number of imidazole rings is 1. The van der Waals surface area contributed by atoms with Crippen LogP contribution in [0.15, 0.2) is 85.6 Å². The summed E-state index contributed by atoms with van der Waals surface area (Å²) in [6, 6.07) is 18.2. The van der Waals surface area contributed by atoms with E-state index in [4.69, 9.17) is 4.98 Å². The number of piperazine rings is 1. The highest BCUT2D eigenvalue weighted by Crippen LogP contribution is 2.30. The van der Waals surface area contributed by atoms with Gasteiger partial charge >= 0.3 is 0 Å². The lowest BCUT2D eigenvalue weighted by molar-refractivity contribution is -0.129. The van der Waals surface area contributed by atoms with Crippen molar-refractivity contribution < 1.29 is 4.79 Å². The zero-order valence-electron chi connectivity index (χ0n) is 22.0. The Morgan fingerprint density at radius 2 is 1.80 bits per heavy atom. The predicted octanol–water partition coefficient (Wildman–Crippen LogP) is 4.75. The van der Waals surface area contributed by atoms with Crippen LogP contribution in [0.4, 0.5) is 17.5 Å². The van der Waals surface area contributed by atoms with Gasteiger partial charge < -0.3 is 20.1 Å². The number of rotatable bonds is 5. The van der Waals surface area contributed by atoms with Gasteiger partial charge in [0.15, 0.2) is 0 Å². The first-order chi connectivity index (χ1) is 19.6. The lowest BCUT2D eigenvalue weighted by Gasteiger charge is -2.35. The summed E-state index contributed by atoms with van der Waals surface area (Å²) in [7, 11) is 0. The summed E-state index contributed by atoms with van der Waals surface area (Å²) in [4.78, 5) is 37.4. The Kier molecular flexibility index (Phi) is 5.85. The Bertz CT molecular complexity index is 1830. The molecule has 1 aliphatic heterocycles. The van der Waals surface area contributed by atoms with Crippen LogP contribution in [0.2, 0.25) is 0 Å². The van der Waals surface area contributed by atoms with Crippen molar-refractivity contribution in [2.24, 2.45) is 0 Å². The molecule has 0 spiro atoms. The van der Waals surface area contributed by atoms with Crippen LogP contribution >= 0.6 is 0 Å². The van der Waals surface area contributed by atoms with E-state index >= 15 is 0 Å². The Morgan fingerprint density at radius 3 is 2.62 bits per heavy atom. The quantitative estimate of drug-likeness (QED) is 0.332. The molecule has 1 fully saturated rings. The first kappa shape index (κ1) is 23.8. The monoisotopic (exact) mass is 529 g/mol. The summed E-state index contributed by atoms with van der Waals surface area (Å²) in [6.45, 7) is 4.65.